The van der Waals surface area contributed by atoms with Gasteiger partial charge in [0.1, 0.15) is 5.75 Å². The van der Waals surface area contributed by atoms with E-state index >= 15 is 0 Å². The van der Waals surface area contributed by atoms with Crippen LogP contribution in [-0.4, -0.2) is 31.9 Å². The Hall–Kier alpha value is -1.11. The van der Waals surface area contributed by atoms with Crippen molar-refractivity contribution in [3.8, 4) is 5.75 Å². The van der Waals surface area contributed by atoms with Gasteiger partial charge < -0.3 is 4.74 Å². The van der Waals surface area contributed by atoms with Crippen LogP contribution in [0.25, 0.3) is 0 Å². The quantitative estimate of drug-likeness (QED) is 0.895. The van der Waals surface area contributed by atoms with Gasteiger partial charge >= 0.3 is 0 Å². The van der Waals surface area contributed by atoms with E-state index in [1.807, 2.05) is 38.1 Å². The molecule has 1 aromatic rings. The van der Waals surface area contributed by atoms with Crippen molar-refractivity contribution in [1.29, 1.82) is 0 Å². The van der Waals surface area contributed by atoms with E-state index in [1.165, 1.54) is 4.31 Å². The van der Waals surface area contributed by atoms with Crippen LogP contribution in [0.2, 0.25) is 0 Å². The summed E-state index contributed by atoms with van der Waals surface area (Å²) in [5.74, 6) is 0.764. The van der Waals surface area contributed by atoms with Crippen LogP contribution < -0.4 is 9.46 Å². The highest BCUT2D eigenvalue weighted by Crippen LogP contribution is 2.26. The Morgan fingerprint density at radius 2 is 1.94 bits per heavy atom. The molecule has 100 valence electrons. The number of hydrogen-bond acceptors (Lipinski definition) is 3. The first-order chi connectivity index (χ1) is 8.35. The Balaban J connectivity index is 2.21. The zero-order valence-electron chi connectivity index (χ0n) is 10.8. The third-order valence-corrected chi connectivity index (χ3v) is 4.85. The van der Waals surface area contributed by atoms with Crippen molar-refractivity contribution in [2.24, 2.45) is 0 Å². The van der Waals surface area contributed by atoms with Crippen LogP contribution in [0, 0.1) is 0 Å². The fourth-order valence-corrected chi connectivity index (χ4v) is 3.68. The molecule has 2 rings (SSSR count). The van der Waals surface area contributed by atoms with Crippen LogP contribution in [0.4, 0.5) is 0 Å². The highest BCUT2D eigenvalue weighted by Gasteiger charge is 2.42. The highest BCUT2D eigenvalue weighted by atomic mass is 32.2. The van der Waals surface area contributed by atoms with E-state index in [2.05, 4.69) is 4.72 Å². The van der Waals surface area contributed by atoms with Gasteiger partial charge in [0.15, 0.2) is 0 Å². The molecular weight excluding hydrogens is 252 g/mol. The summed E-state index contributed by atoms with van der Waals surface area (Å²) in [6.45, 7) is 4.62. The lowest BCUT2D eigenvalue weighted by molar-refractivity contribution is 0.255. The molecule has 0 spiro atoms. The lowest BCUT2D eigenvalue weighted by atomic mass is 10.1. The minimum absolute atomic E-state index is 0.367. The minimum atomic E-state index is -3.36. The van der Waals surface area contributed by atoms with Crippen molar-refractivity contribution in [2.75, 3.05) is 13.7 Å². The Morgan fingerprint density at radius 1 is 1.33 bits per heavy atom. The predicted molar refractivity (Wildman–Crippen MR) is 69.5 cm³/mol. The van der Waals surface area contributed by atoms with E-state index in [1.54, 1.807) is 7.11 Å². The van der Waals surface area contributed by atoms with Gasteiger partial charge in [-0.2, -0.15) is 12.7 Å². The summed E-state index contributed by atoms with van der Waals surface area (Å²) in [5.41, 5.74) is 0.537. The molecule has 1 heterocycles. The van der Waals surface area contributed by atoms with Crippen LogP contribution in [0.3, 0.4) is 0 Å². The molecule has 1 fully saturated rings. The fraction of sp³-hybridized carbons (Fsp3) is 0.500. The molecule has 0 amide bonds. The third-order valence-electron chi connectivity index (χ3n) is 3.14. The number of methoxy groups -OCH3 is 1. The minimum Gasteiger partial charge on any atom is -0.497 e. The van der Waals surface area contributed by atoms with Gasteiger partial charge in [-0.05, 0) is 31.5 Å². The van der Waals surface area contributed by atoms with Crippen molar-refractivity contribution in [1.82, 2.24) is 9.03 Å². The number of hydrogen-bond donors (Lipinski definition) is 1. The average molecular weight is 270 g/mol. The highest BCUT2D eigenvalue weighted by molar-refractivity contribution is 7.87. The van der Waals surface area contributed by atoms with Gasteiger partial charge in [-0.3, -0.25) is 0 Å². The molecule has 1 aliphatic rings. The molecule has 0 radical (unpaired) electrons. The Bertz CT molecular complexity index is 523. The number of rotatable bonds is 3. The second-order valence-corrected chi connectivity index (χ2v) is 6.67. The molecule has 0 bridgehead atoms. The molecule has 0 atom stereocenters. The summed E-state index contributed by atoms with van der Waals surface area (Å²) in [6.07, 6.45) is 0. The molecule has 0 saturated carbocycles. The van der Waals surface area contributed by atoms with E-state index < -0.39 is 15.7 Å². The Morgan fingerprint density at radius 3 is 2.39 bits per heavy atom. The molecule has 1 saturated heterocycles. The van der Waals surface area contributed by atoms with Crippen LogP contribution >= 0.6 is 0 Å². The number of ether oxygens (including phenoxy) is 1. The van der Waals surface area contributed by atoms with E-state index in [4.69, 9.17) is 4.74 Å². The summed E-state index contributed by atoms with van der Waals surface area (Å²) in [4.78, 5) is 0. The van der Waals surface area contributed by atoms with Gasteiger partial charge in [0.2, 0.25) is 0 Å². The van der Waals surface area contributed by atoms with Gasteiger partial charge in [0.05, 0.1) is 7.11 Å². The van der Waals surface area contributed by atoms with Crippen LogP contribution in [0.15, 0.2) is 24.3 Å². The second-order valence-electron chi connectivity index (χ2n) is 4.99. The number of nitrogens with one attached hydrogen (secondary N) is 1. The van der Waals surface area contributed by atoms with Crippen molar-refractivity contribution in [3.63, 3.8) is 0 Å². The summed E-state index contributed by atoms with van der Waals surface area (Å²) in [7, 11) is -1.75. The molecule has 1 aromatic carbocycles. The van der Waals surface area contributed by atoms with Crippen LogP contribution in [-0.2, 0) is 16.8 Å². The lowest BCUT2D eigenvalue weighted by Crippen LogP contribution is -2.41. The molecular formula is C12H18N2O3S. The maximum Gasteiger partial charge on any atom is 0.280 e. The van der Waals surface area contributed by atoms with Crippen molar-refractivity contribution in [2.45, 2.75) is 25.9 Å². The number of nitrogens with zero attached hydrogens (tertiary/aromatic N) is 1. The maximum absolute atomic E-state index is 11.9. The topological polar surface area (TPSA) is 58.6 Å². The van der Waals surface area contributed by atoms with E-state index in [0.717, 1.165) is 11.3 Å². The van der Waals surface area contributed by atoms with E-state index in [9.17, 15) is 8.42 Å². The van der Waals surface area contributed by atoms with E-state index in [0.29, 0.717) is 13.1 Å². The standard InChI is InChI=1S/C12H18N2O3S/c1-12(2)9-13-18(15,16)14(12)8-10-4-6-11(17-3)7-5-10/h4-7,13H,8-9H2,1-3H3. The summed E-state index contributed by atoms with van der Waals surface area (Å²) in [5, 5.41) is 0. The van der Waals surface area contributed by atoms with Crippen molar-refractivity contribution < 1.29 is 13.2 Å². The third kappa shape index (κ3) is 2.50. The van der Waals surface area contributed by atoms with Crippen molar-refractivity contribution >= 4 is 10.2 Å². The fourth-order valence-electron chi connectivity index (χ4n) is 1.96. The summed E-state index contributed by atoms with van der Waals surface area (Å²) in [6, 6.07) is 7.42. The molecule has 5 nitrogen and oxygen atoms in total. The first-order valence-electron chi connectivity index (χ1n) is 5.75. The smallest absolute Gasteiger partial charge is 0.280 e. The molecule has 18 heavy (non-hydrogen) atoms. The Kier molecular flexibility index (Phi) is 3.35. The zero-order valence-corrected chi connectivity index (χ0v) is 11.6. The molecule has 6 heteroatoms. The molecule has 0 aromatic heterocycles. The molecule has 0 aliphatic carbocycles. The Labute approximate surface area is 108 Å². The molecule has 1 aliphatic heterocycles. The summed E-state index contributed by atoms with van der Waals surface area (Å²) >= 11 is 0. The number of benzene rings is 1. The SMILES string of the molecule is COc1ccc(CN2C(C)(C)CNS2(=O)=O)cc1. The zero-order chi connectivity index (χ0) is 13.4. The van der Waals surface area contributed by atoms with Gasteiger partial charge in [0, 0.05) is 18.6 Å². The second kappa shape index (κ2) is 4.53. The van der Waals surface area contributed by atoms with Gasteiger partial charge in [0.25, 0.3) is 10.2 Å². The molecule has 1 N–H and O–H groups in total. The normalized spacial score (nSPS) is 21.9. The predicted octanol–water partition coefficient (Wildman–Crippen LogP) is 1.12. The first-order valence-corrected chi connectivity index (χ1v) is 7.19. The van der Waals surface area contributed by atoms with Gasteiger partial charge in [-0.25, -0.2) is 4.72 Å². The van der Waals surface area contributed by atoms with Crippen molar-refractivity contribution in [3.05, 3.63) is 29.8 Å². The van der Waals surface area contributed by atoms with Gasteiger partial charge in [-0.1, -0.05) is 12.1 Å². The molecule has 0 unspecified atom stereocenters. The van der Waals surface area contributed by atoms with Crippen LogP contribution in [0.1, 0.15) is 19.4 Å². The first kappa shape index (κ1) is 13.3. The average Bonchev–Trinajstić information content (AvgIpc) is 2.53. The maximum atomic E-state index is 11.9. The monoisotopic (exact) mass is 270 g/mol. The van der Waals surface area contributed by atoms with Gasteiger partial charge in [-0.15, -0.1) is 0 Å². The van der Waals surface area contributed by atoms with Crippen LogP contribution in [0.5, 0.6) is 5.75 Å². The van der Waals surface area contributed by atoms with E-state index in [-0.39, 0.29) is 0 Å². The lowest BCUT2D eigenvalue weighted by Gasteiger charge is -2.28. The summed E-state index contributed by atoms with van der Waals surface area (Å²) < 4.78 is 32.9. The largest absolute Gasteiger partial charge is 0.497 e.